The number of hydrogen-bond donors (Lipinski definition) is 0. The van der Waals surface area contributed by atoms with Gasteiger partial charge in [0.15, 0.2) is 0 Å². The molecule has 2 rings (SSSR count). The van der Waals surface area contributed by atoms with Crippen LogP contribution in [0.2, 0.25) is 0 Å². The number of amides is 1. The largest absolute Gasteiger partial charge is 0.340 e. The van der Waals surface area contributed by atoms with Crippen molar-refractivity contribution in [2.24, 2.45) is 0 Å². The molecule has 0 aliphatic carbocycles. The highest BCUT2D eigenvalue weighted by Gasteiger charge is 2.23. The summed E-state index contributed by atoms with van der Waals surface area (Å²) in [5.74, 6) is 0.0144. The van der Waals surface area contributed by atoms with E-state index in [0.717, 1.165) is 24.2 Å². The Morgan fingerprint density at radius 1 is 1.12 bits per heavy atom. The van der Waals surface area contributed by atoms with E-state index < -0.39 is 10.0 Å². The molecular formula is C17H27N3O3S. The second kappa shape index (κ2) is 7.53. The van der Waals surface area contributed by atoms with Crippen molar-refractivity contribution in [3.63, 3.8) is 0 Å². The number of sulfonamides is 1. The quantitative estimate of drug-likeness (QED) is 0.799. The number of carbonyl (C=O) groups is 1. The average Bonchev–Trinajstić information content (AvgIpc) is 2.50. The van der Waals surface area contributed by atoms with Gasteiger partial charge in [-0.1, -0.05) is 6.07 Å². The van der Waals surface area contributed by atoms with E-state index in [-0.39, 0.29) is 18.9 Å². The lowest BCUT2D eigenvalue weighted by Gasteiger charge is -2.33. The number of hydrogen-bond acceptors (Lipinski definition) is 4. The summed E-state index contributed by atoms with van der Waals surface area (Å²) < 4.78 is 25.6. The minimum absolute atomic E-state index is 0.0144. The molecule has 0 unspecified atom stereocenters. The third-order valence-corrected chi connectivity index (χ3v) is 5.76. The molecule has 0 radical (unpaired) electrons. The molecule has 134 valence electrons. The zero-order valence-electron chi connectivity index (χ0n) is 14.9. The minimum atomic E-state index is -3.43. The zero-order valence-corrected chi connectivity index (χ0v) is 15.8. The Bertz CT molecular complexity index is 695. The maximum absolute atomic E-state index is 12.4. The number of aryl methyl sites for hydroxylation is 2. The number of piperazine rings is 1. The SMILES string of the molecule is Cc1ccc(N(CCC(=O)N2CCN(C)CC2)S(C)(=O)=O)cc1C. The Balaban J connectivity index is 2.07. The molecule has 1 aromatic carbocycles. The van der Waals surface area contributed by atoms with Gasteiger partial charge in [0, 0.05) is 39.1 Å². The van der Waals surface area contributed by atoms with Crippen molar-refractivity contribution in [3.8, 4) is 0 Å². The van der Waals surface area contributed by atoms with Crippen molar-refractivity contribution in [1.29, 1.82) is 0 Å². The van der Waals surface area contributed by atoms with Gasteiger partial charge in [-0.3, -0.25) is 9.10 Å². The summed E-state index contributed by atoms with van der Waals surface area (Å²) in [6, 6.07) is 5.56. The van der Waals surface area contributed by atoms with Crippen LogP contribution in [-0.2, 0) is 14.8 Å². The van der Waals surface area contributed by atoms with Gasteiger partial charge in [-0.25, -0.2) is 8.42 Å². The summed E-state index contributed by atoms with van der Waals surface area (Å²) in [5.41, 5.74) is 2.76. The molecule has 1 aromatic rings. The van der Waals surface area contributed by atoms with E-state index in [0.29, 0.717) is 18.8 Å². The number of likely N-dealkylation sites (N-methyl/N-ethyl adjacent to an activating group) is 1. The molecule has 1 fully saturated rings. The maximum atomic E-state index is 12.4. The highest BCUT2D eigenvalue weighted by Crippen LogP contribution is 2.21. The lowest BCUT2D eigenvalue weighted by molar-refractivity contribution is -0.132. The van der Waals surface area contributed by atoms with Gasteiger partial charge in [0.25, 0.3) is 0 Å². The average molecular weight is 353 g/mol. The number of anilines is 1. The van der Waals surface area contributed by atoms with Crippen LogP contribution in [0.1, 0.15) is 17.5 Å². The fourth-order valence-corrected chi connectivity index (χ4v) is 3.70. The topological polar surface area (TPSA) is 60.9 Å². The molecule has 0 bridgehead atoms. The molecule has 1 aliphatic rings. The molecular weight excluding hydrogens is 326 g/mol. The van der Waals surface area contributed by atoms with E-state index in [1.54, 1.807) is 6.07 Å². The van der Waals surface area contributed by atoms with Gasteiger partial charge in [-0.2, -0.15) is 0 Å². The molecule has 1 aliphatic heterocycles. The highest BCUT2D eigenvalue weighted by molar-refractivity contribution is 7.92. The zero-order chi connectivity index (χ0) is 17.9. The van der Waals surface area contributed by atoms with Crippen LogP contribution in [0.4, 0.5) is 5.69 Å². The molecule has 1 amide bonds. The third-order valence-electron chi connectivity index (χ3n) is 4.56. The second-order valence-electron chi connectivity index (χ2n) is 6.54. The fraction of sp³-hybridized carbons (Fsp3) is 0.588. The van der Waals surface area contributed by atoms with Gasteiger partial charge >= 0.3 is 0 Å². The number of carbonyl (C=O) groups excluding carboxylic acids is 1. The fourth-order valence-electron chi connectivity index (χ4n) is 2.78. The van der Waals surface area contributed by atoms with Crippen molar-refractivity contribution in [3.05, 3.63) is 29.3 Å². The number of rotatable bonds is 5. The summed E-state index contributed by atoms with van der Waals surface area (Å²) in [6.45, 7) is 7.25. The van der Waals surface area contributed by atoms with Gasteiger partial charge in [0.05, 0.1) is 11.9 Å². The van der Waals surface area contributed by atoms with E-state index in [4.69, 9.17) is 0 Å². The Morgan fingerprint density at radius 2 is 1.75 bits per heavy atom. The molecule has 7 heteroatoms. The summed E-state index contributed by atoms with van der Waals surface area (Å²) in [7, 11) is -1.39. The normalized spacial score (nSPS) is 16.2. The first-order valence-electron chi connectivity index (χ1n) is 8.20. The van der Waals surface area contributed by atoms with Crippen LogP contribution < -0.4 is 4.31 Å². The monoisotopic (exact) mass is 353 g/mol. The van der Waals surface area contributed by atoms with Crippen LogP contribution in [0.25, 0.3) is 0 Å². The first-order valence-corrected chi connectivity index (χ1v) is 10.0. The first kappa shape index (κ1) is 18.7. The predicted molar refractivity (Wildman–Crippen MR) is 96.8 cm³/mol. The molecule has 6 nitrogen and oxygen atoms in total. The minimum Gasteiger partial charge on any atom is -0.340 e. The van der Waals surface area contributed by atoms with Gasteiger partial charge in [0.1, 0.15) is 0 Å². The van der Waals surface area contributed by atoms with Crippen LogP contribution in [0, 0.1) is 13.8 Å². The van der Waals surface area contributed by atoms with Crippen LogP contribution in [0.5, 0.6) is 0 Å². The van der Waals surface area contributed by atoms with Crippen molar-refractivity contribution in [2.45, 2.75) is 20.3 Å². The maximum Gasteiger partial charge on any atom is 0.232 e. The van der Waals surface area contributed by atoms with Gasteiger partial charge < -0.3 is 9.80 Å². The molecule has 24 heavy (non-hydrogen) atoms. The Kier molecular flexibility index (Phi) is 5.87. The smallest absolute Gasteiger partial charge is 0.232 e. The van der Waals surface area contributed by atoms with E-state index >= 15 is 0 Å². The van der Waals surface area contributed by atoms with Crippen LogP contribution in [0.15, 0.2) is 18.2 Å². The Hall–Kier alpha value is -1.60. The van der Waals surface area contributed by atoms with Crippen molar-refractivity contribution in [1.82, 2.24) is 9.80 Å². The number of nitrogens with zero attached hydrogens (tertiary/aromatic N) is 3. The van der Waals surface area contributed by atoms with E-state index in [1.165, 1.54) is 10.6 Å². The highest BCUT2D eigenvalue weighted by atomic mass is 32.2. The lowest BCUT2D eigenvalue weighted by atomic mass is 10.1. The molecule has 1 saturated heterocycles. The van der Waals surface area contributed by atoms with Crippen molar-refractivity contribution >= 4 is 21.6 Å². The van der Waals surface area contributed by atoms with Crippen LogP contribution >= 0.6 is 0 Å². The van der Waals surface area contributed by atoms with Gasteiger partial charge in [-0.05, 0) is 44.2 Å². The standard InChI is InChI=1S/C17H27N3O3S/c1-14-5-6-16(13-15(14)2)20(24(4,22)23)8-7-17(21)19-11-9-18(3)10-12-19/h5-6,13H,7-12H2,1-4H3. The van der Waals surface area contributed by atoms with Crippen LogP contribution in [-0.4, -0.2) is 70.2 Å². The van der Waals surface area contributed by atoms with Gasteiger partial charge in [-0.15, -0.1) is 0 Å². The molecule has 0 spiro atoms. The predicted octanol–water partition coefficient (Wildman–Crippen LogP) is 1.23. The lowest BCUT2D eigenvalue weighted by Crippen LogP contribution is -2.48. The van der Waals surface area contributed by atoms with E-state index in [2.05, 4.69) is 4.90 Å². The summed E-state index contributed by atoms with van der Waals surface area (Å²) in [4.78, 5) is 16.4. The molecule has 0 aromatic heterocycles. The van der Waals surface area contributed by atoms with E-state index in [1.807, 2.05) is 37.9 Å². The molecule has 0 saturated carbocycles. The number of benzene rings is 1. The summed E-state index contributed by atoms with van der Waals surface area (Å²) in [6.07, 6.45) is 1.38. The molecule has 0 atom stereocenters. The van der Waals surface area contributed by atoms with Crippen molar-refractivity contribution in [2.75, 3.05) is 50.3 Å². The van der Waals surface area contributed by atoms with Crippen molar-refractivity contribution < 1.29 is 13.2 Å². The summed E-state index contributed by atoms with van der Waals surface area (Å²) >= 11 is 0. The van der Waals surface area contributed by atoms with Gasteiger partial charge in [0.2, 0.25) is 15.9 Å². The Labute approximate surface area is 145 Å². The molecule has 1 heterocycles. The molecule has 0 N–H and O–H groups in total. The van der Waals surface area contributed by atoms with Crippen LogP contribution in [0.3, 0.4) is 0 Å². The van der Waals surface area contributed by atoms with E-state index in [9.17, 15) is 13.2 Å². The Morgan fingerprint density at radius 3 is 2.29 bits per heavy atom. The third kappa shape index (κ3) is 4.70. The second-order valence-corrected chi connectivity index (χ2v) is 8.44. The first-order chi connectivity index (χ1) is 11.2. The summed E-state index contributed by atoms with van der Waals surface area (Å²) in [5, 5.41) is 0.